The van der Waals surface area contributed by atoms with Gasteiger partial charge in [-0.05, 0) is 12.3 Å². The van der Waals surface area contributed by atoms with Crippen LogP contribution in [-0.2, 0) is 0 Å². The zero-order valence-electron chi connectivity index (χ0n) is 10.4. The Morgan fingerprint density at radius 1 is 1.42 bits per heavy atom. The van der Waals surface area contributed by atoms with Gasteiger partial charge in [-0.1, -0.05) is 6.92 Å². The number of fused-ring (bicyclic) bond motifs is 1. The Hall–Kier alpha value is -1.86. The Labute approximate surface area is 108 Å². The van der Waals surface area contributed by atoms with Crippen molar-refractivity contribution in [1.82, 2.24) is 24.8 Å². The Morgan fingerprint density at radius 2 is 2.21 bits per heavy atom. The second kappa shape index (κ2) is 4.07. The van der Waals surface area contributed by atoms with Crippen LogP contribution in [0.3, 0.4) is 0 Å². The summed E-state index contributed by atoms with van der Waals surface area (Å²) in [7, 11) is 0. The highest BCUT2D eigenvalue weighted by Gasteiger charge is 2.42. The lowest BCUT2D eigenvalue weighted by Gasteiger charge is -2.32. The van der Waals surface area contributed by atoms with E-state index in [2.05, 4.69) is 20.3 Å². The van der Waals surface area contributed by atoms with Crippen molar-refractivity contribution in [2.75, 3.05) is 5.73 Å². The summed E-state index contributed by atoms with van der Waals surface area (Å²) in [5, 5.41) is 11.9. The fourth-order valence-electron chi connectivity index (χ4n) is 2.60. The quantitative estimate of drug-likeness (QED) is 0.850. The zero-order chi connectivity index (χ0) is 13.6. The molecule has 102 valence electrons. The lowest BCUT2D eigenvalue weighted by atomic mass is 9.78. The standard InChI is InChI=1S/C11H14F2N6/c1-6-2-3-11(12,13)4-7(6)9-17-18-10-8(14)15-5-16-19(9)10/h5-7H,2-4H2,1H3,(H2,14,15,16). The number of nitrogens with two attached hydrogens (primary N) is 1. The molecule has 0 aromatic carbocycles. The topological polar surface area (TPSA) is 82.0 Å². The minimum Gasteiger partial charge on any atom is -0.380 e. The van der Waals surface area contributed by atoms with Gasteiger partial charge in [-0.3, -0.25) is 0 Å². The number of aromatic nitrogens is 5. The SMILES string of the molecule is CC1CCC(F)(F)CC1c1nnc2c(N)ncnn12. The average molecular weight is 268 g/mol. The van der Waals surface area contributed by atoms with Gasteiger partial charge in [0.1, 0.15) is 6.33 Å². The van der Waals surface area contributed by atoms with Gasteiger partial charge in [-0.25, -0.2) is 13.8 Å². The van der Waals surface area contributed by atoms with Gasteiger partial charge in [-0.15, -0.1) is 10.2 Å². The van der Waals surface area contributed by atoms with Gasteiger partial charge in [-0.2, -0.15) is 9.61 Å². The van der Waals surface area contributed by atoms with Crippen molar-refractivity contribution in [3.63, 3.8) is 0 Å². The van der Waals surface area contributed by atoms with E-state index in [1.165, 1.54) is 10.8 Å². The van der Waals surface area contributed by atoms with Crippen LogP contribution in [-0.4, -0.2) is 30.7 Å². The van der Waals surface area contributed by atoms with Crippen LogP contribution in [0.15, 0.2) is 6.33 Å². The molecule has 0 radical (unpaired) electrons. The predicted molar refractivity (Wildman–Crippen MR) is 63.7 cm³/mol. The monoisotopic (exact) mass is 268 g/mol. The summed E-state index contributed by atoms with van der Waals surface area (Å²) >= 11 is 0. The van der Waals surface area contributed by atoms with E-state index in [1.54, 1.807) is 0 Å². The molecular formula is C11H14F2N6. The third-order valence-corrected chi connectivity index (χ3v) is 3.76. The number of hydrogen-bond acceptors (Lipinski definition) is 5. The third-order valence-electron chi connectivity index (χ3n) is 3.76. The van der Waals surface area contributed by atoms with E-state index in [0.29, 0.717) is 17.9 Å². The van der Waals surface area contributed by atoms with Crippen LogP contribution in [0, 0.1) is 5.92 Å². The maximum Gasteiger partial charge on any atom is 0.248 e. The largest absolute Gasteiger partial charge is 0.380 e. The van der Waals surface area contributed by atoms with Crippen molar-refractivity contribution >= 4 is 11.5 Å². The number of halogens is 2. The number of hydrogen-bond donors (Lipinski definition) is 1. The molecule has 2 aromatic rings. The normalized spacial score (nSPS) is 26.7. The molecule has 2 atom stereocenters. The van der Waals surface area contributed by atoms with Gasteiger partial charge in [0.25, 0.3) is 0 Å². The van der Waals surface area contributed by atoms with E-state index in [-0.39, 0.29) is 30.5 Å². The lowest BCUT2D eigenvalue weighted by molar-refractivity contribution is -0.0539. The highest BCUT2D eigenvalue weighted by Crippen LogP contribution is 2.44. The lowest BCUT2D eigenvalue weighted by Crippen LogP contribution is -2.31. The minimum atomic E-state index is -2.65. The molecule has 0 amide bonds. The van der Waals surface area contributed by atoms with E-state index in [0.717, 1.165) is 0 Å². The van der Waals surface area contributed by atoms with Gasteiger partial charge in [0.2, 0.25) is 11.6 Å². The smallest absolute Gasteiger partial charge is 0.248 e. The highest BCUT2D eigenvalue weighted by molar-refractivity contribution is 5.57. The maximum atomic E-state index is 13.6. The minimum absolute atomic E-state index is 0.0709. The predicted octanol–water partition coefficient (Wildman–Crippen LogP) is 1.64. The Bertz CT molecular complexity index is 610. The van der Waals surface area contributed by atoms with Gasteiger partial charge in [0.15, 0.2) is 11.6 Å². The van der Waals surface area contributed by atoms with Gasteiger partial charge in [0, 0.05) is 18.8 Å². The Morgan fingerprint density at radius 3 is 3.00 bits per heavy atom. The first-order valence-corrected chi connectivity index (χ1v) is 6.17. The molecule has 2 heterocycles. The summed E-state index contributed by atoms with van der Waals surface area (Å²) in [6.07, 6.45) is 1.45. The fourth-order valence-corrected chi connectivity index (χ4v) is 2.60. The Balaban J connectivity index is 2.06. The molecule has 1 aliphatic rings. The van der Waals surface area contributed by atoms with Crippen LogP contribution in [0.1, 0.15) is 37.9 Å². The summed E-state index contributed by atoms with van der Waals surface area (Å²) in [5.74, 6) is -2.27. The molecule has 3 rings (SSSR count). The van der Waals surface area contributed by atoms with Crippen molar-refractivity contribution in [3.05, 3.63) is 12.2 Å². The molecule has 2 aromatic heterocycles. The molecule has 19 heavy (non-hydrogen) atoms. The molecule has 2 N–H and O–H groups in total. The van der Waals surface area contributed by atoms with Crippen molar-refractivity contribution < 1.29 is 8.78 Å². The van der Waals surface area contributed by atoms with Crippen LogP contribution in [0.25, 0.3) is 5.65 Å². The number of anilines is 1. The molecule has 2 unspecified atom stereocenters. The van der Waals surface area contributed by atoms with Gasteiger partial charge < -0.3 is 5.73 Å². The number of alkyl halides is 2. The van der Waals surface area contributed by atoms with Crippen LogP contribution in [0.2, 0.25) is 0 Å². The van der Waals surface area contributed by atoms with E-state index < -0.39 is 5.92 Å². The molecule has 0 saturated heterocycles. The molecule has 1 saturated carbocycles. The van der Waals surface area contributed by atoms with Crippen molar-refractivity contribution in [2.24, 2.45) is 5.92 Å². The van der Waals surface area contributed by atoms with Gasteiger partial charge in [0.05, 0.1) is 0 Å². The first-order valence-electron chi connectivity index (χ1n) is 6.17. The summed E-state index contributed by atoms with van der Waals surface area (Å²) < 4.78 is 28.6. The van der Waals surface area contributed by atoms with E-state index >= 15 is 0 Å². The van der Waals surface area contributed by atoms with Gasteiger partial charge >= 0.3 is 0 Å². The number of rotatable bonds is 1. The van der Waals surface area contributed by atoms with Crippen LogP contribution in [0.5, 0.6) is 0 Å². The van der Waals surface area contributed by atoms with Crippen molar-refractivity contribution in [1.29, 1.82) is 0 Å². The second-order valence-corrected chi connectivity index (χ2v) is 5.12. The fraction of sp³-hybridized carbons (Fsp3) is 0.636. The van der Waals surface area contributed by atoms with Crippen molar-refractivity contribution in [3.8, 4) is 0 Å². The first kappa shape index (κ1) is 12.2. The average Bonchev–Trinajstić information content (AvgIpc) is 2.78. The number of nitrogen functional groups attached to an aromatic ring is 1. The summed E-state index contributed by atoms with van der Waals surface area (Å²) in [4.78, 5) is 3.81. The molecule has 8 heteroatoms. The molecule has 1 aliphatic carbocycles. The zero-order valence-corrected chi connectivity index (χ0v) is 10.4. The molecule has 1 fully saturated rings. The molecule has 6 nitrogen and oxygen atoms in total. The number of nitrogens with zero attached hydrogens (tertiary/aromatic N) is 5. The molecule has 0 bridgehead atoms. The third kappa shape index (κ3) is 2.00. The molecular weight excluding hydrogens is 254 g/mol. The molecule has 0 spiro atoms. The molecule has 0 aliphatic heterocycles. The van der Waals surface area contributed by atoms with E-state index in [1.807, 2.05) is 6.92 Å². The second-order valence-electron chi connectivity index (χ2n) is 5.12. The van der Waals surface area contributed by atoms with E-state index in [4.69, 9.17) is 5.73 Å². The van der Waals surface area contributed by atoms with E-state index in [9.17, 15) is 8.78 Å². The van der Waals surface area contributed by atoms with Crippen LogP contribution in [0.4, 0.5) is 14.6 Å². The first-order chi connectivity index (χ1) is 8.98. The van der Waals surface area contributed by atoms with Crippen molar-refractivity contribution in [2.45, 2.75) is 38.0 Å². The summed E-state index contributed by atoms with van der Waals surface area (Å²) in [5.41, 5.74) is 5.98. The summed E-state index contributed by atoms with van der Waals surface area (Å²) in [6, 6.07) is 0. The van der Waals surface area contributed by atoms with Crippen LogP contribution >= 0.6 is 0 Å². The Kier molecular flexibility index (Phi) is 2.61. The summed E-state index contributed by atoms with van der Waals surface area (Å²) in [6.45, 7) is 1.95. The maximum absolute atomic E-state index is 13.6. The van der Waals surface area contributed by atoms with Crippen LogP contribution < -0.4 is 5.73 Å². The highest BCUT2D eigenvalue weighted by atomic mass is 19.3.